The lowest BCUT2D eigenvalue weighted by molar-refractivity contribution is -0.138. The van der Waals surface area contributed by atoms with Crippen LogP contribution in [0.15, 0.2) is 48.5 Å². The van der Waals surface area contributed by atoms with Crippen LogP contribution in [0.2, 0.25) is 0 Å². The molecule has 28 heavy (non-hydrogen) atoms. The Morgan fingerprint density at radius 1 is 1.14 bits per heavy atom. The van der Waals surface area contributed by atoms with Gasteiger partial charge in [0.05, 0.1) is 17.2 Å². The molecular weight excluding hydrogens is 363 g/mol. The normalized spacial score (nSPS) is 14.2. The fraction of sp³-hybridized carbons (Fsp3) is 0.286. The number of aliphatic carboxylic acids is 1. The van der Waals surface area contributed by atoms with E-state index in [1.54, 1.807) is 31.3 Å². The molecule has 0 saturated heterocycles. The van der Waals surface area contributed by atoms with E-state index in [1.165, 1.54) is 29.2 Å². The van der Waals surface area contributed by atoms with Crippen molar-refractivity contribution in [3.05, 3.63) is 65.5 Å². The molecule has 0 aliphatic heterocycles. The summed E-state index contributed by atoms with van der Waals surface area (Å²) in [7, 11) is 1.63. The zero-order chi connectivity index (χ0) is 20.3. The van der Waals surface area contributed by atoms with Gasteiger partial charge in [0.25, 0.3) is 5.91 Å². The summed E-state index contributed by atoms with van der Waals surface area (Å²) in [4.78, 5) is 38.1. The molecule has 6 nitrogen and oxygen atoms in total. The Morgan fingerprint density at radius 3 is 2.39 bits per heavy atom. The molecule has 1 aliphatic carbocycles. The van der Waals surface area contributed by atoms with Crippen molar-refractivity contribution in [2.75, 3.05) is 18.5 Å². The van der Waals surface area contributed by atoms with Crippen LogP contribution in [-0.4, -0.2) is 36.5 Å². The number of halogens is 1. The first-order chi connectivity index (χ1) is 13.4. The van der Waals surface area contributed by atoms with Gasteiger partial charge in [-0.2, -0.15) is 0 Å². The van der Waals surface area contributed by atoms with E-state index < -0.39 is 23.6 Å². The van der Waals surface area contributed by atoms with E-state index in [1.807, 2.05) is 0 Å². The Labute approximate surface area is 162 Å². The van der Waals surface area contributed by atoms with Crippen molar-refractivity contribution in [3.63, 3.8) is 0 Å². The first kappa shape index (κ1) is 19.5. The van der Waals surface area contributed by atoms with E-state index in [2.05, 4.69) is 5.32 Å². The third kappa shape index (κ3) is 4.36. The van der Waals surface area contributed by atoms with Gasteiger partial charge in [0.15, 0.2) is 0 Å². The van der Waals surface area contributed by atoms with Crippen LogP contribution in [0, 0.1) is 11.7 Å². The van der Waals surface area contributed by atoms with E-state index >= 15 is 0 Å². The highest BCUT2D eigenvalue weighted by Gasteiger charge is 2.33. The van der Waals surface area contributed by atoms with Crippen LogP contribution >= 0.6 is 0 Å². The van der Waals surface area contributed by atoms with Crippen molar-refractivity contribution >= 4 is 23.5 Å². The molecular formula is C21H21FN2O4. The van der Waals surface area contributed by atoms with Crippen LogP contribution in [0.4, 0.5) is 10.1 Å². The van der Waals surface area contributed by atoms with E-state index in [0.717, 1.165) is 12.8 Å². The minimum absolute atomic E-state index is 0.0102. The smallest absolute Gasteiger partial charge is 0.312 e. The van der Waals surface area contributed by atoms with Crippen LogP contribution < -0.4 is 10.2 Å². The summed E-state index contributed by atoms with van der Waals surface area (Å²) >= 11 is 0. The zero-order valence-electron chi connectivity index (χ0n) is 15.4. The lowest BCUT2D eigenvalue weighted by atomic mass is 9.99. The van der Waals surface area contributed by atoms with Crippen molar-refractivity contribution < 1.29 is 23.9 Å². The zero-order valence-corrected chi connectivity index (χ0v) is 15.4. The molecule has 0 aromatic heterocycles. The molecule has 0 heterocycles. The summed E-state index contributed by atoms with van der Waals surface area (Å²) in [5.74, 6) is -3.09. The Kier molecular flexibility index (Phi) is 5.73. The van der Waals surface area contributed by atoms with Gasteiger partial charge in [0.1, 0.15) is 5.82 Å². The van der Waals surface area contributed by atoms with Crippen molar-refractivity contribution in [3.8, 4) is 0 Å². The van der Waals surface area contributed by atoms with E-state index in [-0.39, 0.29) is 18.4 Å². The number of para-hydroxylation sites is 1. The first-order valence-corrected chi connectivity index (χ1v) is 9.01. The number of hydrogen-bond acceptors (Lipinski definition) is 3. The third-order valence-corrected chi connectivity index (χ3v) is 4.80. The van der Waals surface area contributed by atoms with Crippen LogP contribution in [-0.2, 0) is 9.59 Å². The minimum atomic E-state index is -1.12. The van der Waals surface area contributed by atoms with Gasteiger partial charge in [-0.15, -0.1) is 0 Å². The summed E-state index contributed by atoms with van der Waals surface area (Å²) in [6.45, 7) is -0.158. The Bertz CT molecular complexity index is 894. The number of rotatable bonds is 7. The van der Waals surface area contributed by atoms with Gasteiger partial charge in [0.2, 0.25) is 5.91 Å². The molecule has 7 heteroatoms. The number of amides is 2. The van der Waals surface area contributed by atoms with Crippen molar-refractivity contribution in [2.45, 2.75) is 18.8 Å². The molecule has 0 radical (unpaired) electrons. The topological polar surface area (TPSA) is 86.7 Å². The summed E-state index contributed by atoms with van der Waals surface area (Å²) < 4.78 is 13.1. The maximum atomic E-state index is 13.1. The molecule has 0 spiro atoms. The number of nitrogens with zero attached hydrogens (tertiary/aromatic N) is 1. The summed E-state index contributed by atoms with van der Waals surface area (Å²) in [5, 5.41) is 12.1. The maximum absolute atomic E-state index is 13.1. The van der Waals surface area contributed by atoms with Crippen LogP contribution in [0.3, 0.4) is 0 Å². The van der Waals surface area contributed by atoms with Crippen LogP contribution in [0.5, 0.6) is 0 Å². The van der Waals surface area contributed by atoms with Gasteiger partial charge in [-0.3, -0.25) is 14.4 Å². The highest BCUT2D eigenvalue weighted by Crippen LogP contribution is 2.33. The van der Waals surface area contributed by atoms with Crippen molar-refractivity contribution in [1.82, 2.24) is 5.32 Å². The van der Waals surface area contributed by atoms with Gasteiger partial charge < -0.3 is 15.3 Å². The number of nitrogens with one attached hydrogen (secondary N) is 1. The number of carbonyl (C=O) groups excluding carboxylic acids is 2. The van der Waals surface area contributed by atoms with E-state index in [4.69, 9.17) is 0 Å². The second-order valence-corrected chi connectivity index (χ2v) is 6.84. The average Bonchev–Trinajstić information content (AvgIpc) is 3.53. The molecule has 1 saturated carbocycles. The highest BCUT2D eigenvalue weighted by molar-refractivity contribution is 6.05. The number of hydrogen-bond donors (Lipinski definition) is 2. The third-order valence-electron chi connectivity index (χ3n) is 4.80. The highest BCUT2D eigenvalue weighted by atomic mass is 19.1. The quantitative estimate of drug-likeness (QED) is 0.769. The Hall–Kier alpha value is -3.22. The molecule has 1 atom stereocenters. The fourth-order valence-corrected chi connectivity index (χ4v) is 3.01. The lowest BCUT2D eigenvalue weighted by Gasteiger charge is -2.21. The predicted molar refractivity (Wildman–Crippen MR) is 102 cm³/mol. The molecule has 2 N–H and O–H groups in total. The Balaban J connectivity index is 1.74. The van der Waals surface area contributed by atoms with E-state index in [9.17, 15) is 23.9 Å². The molecule has 1 aliphatic rings. The second kappa shape index (κ2) is 8.21. The summed E-state index contributed by atoms with van der Waals surface area (Å²) in [6, 6.07) is 11.8. The average molecular weight is 384 g/mol. The number of anilines is 1. The molecule has 2 aromatic carbocycles. The standard InChI is InChI=1S/C21H21FN2O4/c1-24(20(26)14-6-7-14)18-5-3-2-4-16(18)19(25)23-12-17(21(27)28)13-8-10-15(22)11-9-13/h2-5,8-11,14,17H,6-7,12H2,1H3,(H,23,25)(H,27,28). The molecule has 0 bridgehead atoms. The second-order valence-electron chi connectivity index (χ2n) is 6.84. The Morgan fingerprint density at radius 2 is 1.79 bits per heavy atom. The monoisotopic (exact) mass is 384 g/mol. The van der Waals surface area contributed by atoms with Crippen LogP contribution in [0.1, 0.15) is 34.7 Å². The molecule has 2 amide bonds. The van der Waals surface area contributed by atoms with Crippen molar-refractivity contribution in [2.24, 2.45) is 5.92 Å². The SMILES string of the molecule is CN(C(=O)C1CC1)c1ccccc1C(=O)NCC(C(=O)O)c1ccc(F)cc1. The summed E-state index contributed by atoms with van der Waals surface area (Å²) in [5.41, 5.74) is 1.16. The summed E-state index contributed by atoms with van der Waals surface area (Å²) in [6.07, 6.45) is 1.71. The number of carboxylic acids is 1. The number of carboxylic acid groups (broad SMARTS) is 1. The maximum Gasteiger partial charge on any atom is 0.312 e. The number of benzene rings is 2. The van der Waals surface area contributed by atoms with Crippen LogP contribution in [0.25, 0.3) is 0 Å². The van der Waals surface area contributed by atoms with Gasteiger partial charge in [-0.05, 0) is 42.7 Å². The minimum Gasteiger partial charge on any atom is -0.481 e. The first-order valence-electron chi connectivity index (χ1n) is 9.01. The molecule has 1 unspecified atom stereocenters. The molecule has 2 aromatic rings. The fourth-order valence-electron chi connectivity index (χ4n) is 3.01. The largest absolute Gasteiger partial charge is 0.481 e. The number of carbonyl (C=O) groups is 3. The van der Waals surface area contributed by atoms with Gasteiger partial charge in [-0.1, -0.05) is 24.3 Å². The van der Waals surface area contributed by atoms with Gasteiger partial charge in [-0.25, -0.2) is 4.39 Å². The lowest BCUT2D eigenvalue weighted by Crippen LogP contribution is -2.34. The van der Waals surface area contributed by atoms with E-state index in [0.29, 0.717) is 16.8 Å². The van der Waals surface area contributed by atoms with Gasteiger partial charge >= 0.3 is 5.97 Å². The molecule has 3 rings (SSSR count). The van der Waals surface area contributed by atoms with Crippen molar-refractivity contribution in [1.29, 1.82) is 0 Å². The predicted octanol–water partition coefficient (Wildman–Crippen LogP) is 2.80. The van der Waals surface area contributed by atoms with Gasteiger partial charge in [0, 0.05) is 19.5 Å². The molecule has 1 fully saturated rings. The molecule has 146 valence electrons.